The minimum absolute atomic E-state index is 0.0951. The zero-order chi connectivity index (χ0) is 12.8. The second-order valence-electron chi connectivity index (χ2n) is 3.77. The third kappa shape index (κ3) is 3.47. The zero-order valence-electron chi connectivity index (χ0n) is 9.84. The van der Waals surface area contributed by atoms with Gasteiger partial charge < -0.3 is 15.3 Å². The van der Waals surface area contributed by atoms with Crippen LogP contribution in [0.2, 0.25) is 0 Å². The van der Waals surface area contributed by atoms with Crippen LogP contribution in [0.15, 0.2) is 24.3 Å². The Hall–Kier alpha value is -2.06. The maximum Gasteiger partial charge on any atom is 0.321 e. The van der Waals surface area contributed by atoms with E-state index >= 15 is 0 Å². The Morgan fingerprint density at radius 2 is 2.35 bits per heavy atom. The molecule has 5 nitrogen and oxygen atoms in total. The van der Waals surface area contributed by atoms with Crippen molar-refractivity contribution in [1.29, 1.82) is 5.26 Å². The number of anilines is 1. The molecule has 2 amide bonds. The van der Waals surface area contributed by atoms with Crippen LogP contribution in [0.25, 0.3) is 0 Å². The van der Waals surface area contributed by atoms with Crippen LogP contribution < -0.4 is 5.32 Å². The fourth-order valence-corrected chi connectivity index (χ4v) is 1.20. The molecule has 0 fully saturated rings. The van der Waals surface area contributed by atoms with Crippen LogP contribution in [0.1, 0.15) is 12.5 Å². The van der Waals surface area contributed by atoms with E-state index in [0.717, 1.165) is 0 Å². The third-order valence-electron chi connectivity index (χ3n) is 2.49. The molecular formula is C12H15N3O2. The van der Waals surface area contributed by atoms with Crippen molar-refractivity contribution >= 4 is 11.7 Å². The van der Waals surface area contributed by atoms with E-state index in [1.165, 1.54) is 4.90 Å². The van der Waals surface area contributed by atoms with Crippen molar-refractivity contribution in [2.24, 2.45) is 0 Å². The predicted octanol–water partition coefficient (Wildman–Crippen LogP) is 1.40. The highest BCUT2D eigenvalue weighted by atomic mass is 16.3. The maximum absolute atomic E-state index is 11.7. The van der Waals surface area contributed by atoms with Gasteiger partial charge in [0.1, 0.15) is 0 Å². The SMILES string of the molecule is CC(CO)N(C)C(=O)Nc1cccc(C#N)c1. The molecule has 0 heterocycles. The van der Waals surface area contributed by atoms with Gasteiger partial charge in [-0.25, -0.2) is 4.79 Å². The molecule has 1 aromatic rings. The summed E-state index contributed by atoms with van der Waals surface area (Å²) in [5.74, 6) is 0. The van der Waals surface area contributed by atoms with Gasteiger partial charge in [-0.1, -0.05) is 6.07 Å². The summed E-state index contributed by atoms with van der Waals surface area (Å²) in [6.45, 7) is 1.65. The van der Waals surface area contributed by atoms with Gasteiger partial charge in [-0.15, -0.1) is 0 Å². The first-order valence-electron chi connectivity index (χ1n) is 5.23. The number of nitriles is 1. The Bertz CT molecular complexity index is 440. The van der Waals surface area contributed by atoms with Gasteiger partial charge in [0, 0.05) is 12.7 Å². The minimum Gasteiger partial charge on any atom is -0.394 e. The van der Waals surface area contributed by atoms with E-state index in [2.05, 4.69) is 5.32 Å². The fourth-order valence-electron chi connectivity index (χ4n) is 1.20. The Balaban J connectivity index is 2.71. The standard InChI is InChI=1S/C12H15N3O2/c1-9(8-16)15(2)12(17)14-11-5-3-4-10(6-11)7-13/h3-6,9,16H,8H2,1-2H3,(H,14,17). The predicted molar refractivity (Wildman–Crippen MR) is 64.5 cm³/mol. The lowest BCUT2D eigenvalue weighted by atomic mass is 10.2. The van der Waals surface area contributed by atoms with Crippen LogP contribution in [0.3, 0.4) is 0 Å². The molecule has 90 valence electrons. The van der Waals surface area contributed by atoms with E-state index in [0.29, 0.717) is 11.3 Å². The molecule has 5 heteroatoms. The first kappa shape index (κ1) is 13.0. The minimum atomic E-state index is -0.318. The molecule has 17 heavy (non-hydrogen) atoms. The number of hydrogen-bond acceptors (Lipinski definition) is 3. The lowest BCUT2D eigenvalue weighted by molar-refractivity contribution is 0.166. The molecule has 0 saturated carbocycles. The molecule has 1 unspecified atom stereocenters. The van der Waals surface area contributed by atoms with Crippen LogP contribution in [0.5, 0.6) is 0 Å². The first-order valence-corrected chi connectivity index (χ1v) is 5.23. The van der Waals surface area contributed by atoms with Gasteiger partial charge in [0.05, 0.1) is 24.3 Å². The van der Waals surface area contributed by atoms with Crippen molar-refractivity contribution < 1.29 is 9.90 Å². The largest absolute Gasteiger partial charge is 0.394 e. The molecule has 1 aromatic carbocycles. The summed E-state index contributed by atoms with van der Waals surface area (Å²) in [5, 5.41) is 20.3. The summed E-state index contributed by atoms with van der Waals surface area (Å²) in [5.41, 5.74) is 1.05. The van der Waals surface area contributed by atoms with E-state index in [-0.39, 0.29) is 18.7 Å². The maximum atomic E-state index is 11.7. The fraction of sp³-hybridized carbons (Fsp3) is 0.333. The first-order chi connectivity index (χ1) is 8.08. The van der Waals surface area contributed by atoms with Crippen LogP contribution in [-0.4, -0.2) is 35.7 Å². The molecule has 0 aromatic heterocycles. The molecule has 0 aliphatic rings. The van der Waals surface area contributed by atoms with Crippen molar-refractivity contribution in [2.75, 3.05) is 19.0 Å². The molecule has 2 N–H and O–H groups in total. The van der Waals surface area contributed by atoms with Crippen molar-refractivity contribution in [2.45, 2.75) is 13.0 Å². The summed E-state index contributed by atoms with van der Waals surface area (Å²) in [7, 11) is 1.60. The number of rotatable bonds is 3. The lowest BCUT2D eigenvalue weighted by Crippen LogP contribution is -2.40. The molecule has 0 radical (unpaired) electrons. The number of nitrogens with zero attached hydrogens (tertiary/aromatic N) is 2. The summed E-state index contributed by atoms with van der Waals surface area (Å²) in [6.07, 6.45) is 0. The van der Waals surface area contributed by atoms with Gasteiger partial charge in [0.2, 0.25) is 0 Å². The number of carbonyl (C=O) groups is 1. The molecule has 0 aliphatic heterocycles. The summed E-state index contributed by atoms with van der Waals surface area (Å²) < 4.78 is 0. The number of amides is 2. The zero-order valence-corrected chi connectivity index (χ0v) is 9.84. The van der Waals surface area contributed by atoms with E-state index in [9.17, 15) is 4.79 Å². The lowest BCUT2D eigenvalue weighted by Gasteiger charge is -2.23. The van der Waals surface area contributed by atoms with E-state index in [1.54, 1.807) is 38.2 Å². The molecule has 0 saturated heterocycles. The average Bonchev–Trinajstić information content (AvgIpc) is 2.37. The van der Waals surface area contributed by atoms with Crippen LogP contribution in [0, 0.1) is 11.3 Å². The normalized spacial score (nSPS) is 11.4. The highest BCUT2D eigenvalue weighted by molar-refractivity contribution is 5.89. The van der Waals surface area contributed by atoms with E-state index in [1.807, 2.05) is 6.07 Å². The number of hydrogen-bond donors (Lipinski definition) is 2. The summed E-state index contributed by atoms with van der Waals surface area (Å²) in [6, 6.07) is 8.08. The van der Waals surface area contributed by atoms with Gasteiger partial charge in [-0.3, -0.25) is 0 Å². The van der Waals surface area contributed by atoms with Crippen LogP contribution in [-0.2, 0) is 0 Å². The molecule has 0 aliphatic carbocycles. The summed E-state index contributed by atoms with van der Waals surface area (Å²) in [4.78, 5) is 13.1. The van der Waals surface area contributed by atoms with Crippen molar-refractivity contribution in [3.05, 3.63) is 29.8 Å². The van der Waals surface area contributed by atoms with E-state index in [4.69, 9.17) is 10.4 Å². The number of urea groups is 1. The molecule has 1 atom stereocenters. The number of carbonyl (C=O) groups excluding carboxylic acids is 1. The second kappa shape index (κ2) is 5.87. The number of likely N-dealkylation sites (N-methyl/N-ethyl adjacent to an activating group) is 1. The van der Waals surface area contributed by atoms with Gasteiger partial charge in [-0.05, 0) is 25.1 Å². The smallest absolute Gasteiger partial charge is 0.321 e. The van der Waals surface area contributed by atoms with Crippen molar-refractivity contribution in [1.82, 2.24) is 4.90 Å². The van der Waals surface area contributed by atoms with Gasteiger partial charge >= 0.3 is 6.03 Å². The highest BCUT2D eigenvalue weighted by Crippen LogP contribution is 2.10. The third-order valence-corrected chi connectivity index (χ3v) is 2.49. The van der Waals surface area contributed by atoms with Gasteiger partial charge in [0.25, 0.3) is 0 Å². The number of benzene rings is 1. The molecular weight excluding hydrogens is 218 g/mol. The summed E-state index contributed by atoms with van der Waals surface area (Å²) >= 11 is 0. The highest BCUT2D eigenvalue weighted by Gasteiger charge is 2.14. The van der Waals surface area contributed by atoms with Gasteiger partial charge in [0.15, 0.2) is 0 Å². The van der Waals surface area contributed by atoms with Gasteiger partial charge in [-0.2, -0.15) is 5.26 Å². The van der Waals surface area contributed by atoms with Crippen LogP contribution in [0.4, 0.5) is 10.5 Å². The molecule has 1 rings (SSSR count). The Kier molecular flexibility index (Phi) is 4.49. The average molecular weight is 233 g/mol. The number of aliphatic hydroxyl groups excluding tert-OH is 1. The number of aliphatic hydroxyl groups is 1. The Morgan fingerprint density at radius 1 is 1.65 bits per heavy atom. The topological polar surface area (TPSA) is 76.4 Å². The Labute approximate surface area is 100 Å². The molecule has 0 bridgehead atoms. The Morgan fingerprint density at radius 3 is 2.94 bits per heavy atom. The van der Waals surface area contributed by atoms with Crippen molar-refractivity contribution in [3.8, 4) is 6.07 Å². The van der Waals surface area contributed by atoms with Crippen LogP contribution >= 0.6 is 0 Å². The molecule has 0 spiro atoms. The second-order valence-corrected chi connectivity index (χ2v) is 3.77. The number of nitrogens with one attached hydrogen (secondary N) is 1. The van der Waals surface area contributed by atoms with Crippen molar-refractivity contribution in [3.63, 3.8) is 0 Å². The van der Waals surface area contributed by atoms with E-state index < -0.39 is 0 Å². The quantitative estimate of drug-likeness (QED) is 0.828. The monoisotopic (exact) mass is 233 g/mol.